The number of aryl methyl sites for hydroxylation is 1. The SMILES string of the molecule is Cc1ccc(NC(=O)C(C)(C)C)cc1NC(=O)C[C@@H]1CCC[C@H]1N.Cl. The van der Waals surface area contributed by atoms with E-state index in [9.17, 15) is 9.59 Å². The van der Waals surface area contributed by atoms with Gasteiger partial charge in [-0.15, -0.1) is 12.4 Å². The van der Waals surface area contributed by atoms with Crippen molar-refractivity contribution in [1.82, 2.24) is 0 Å². The lowest BCUT2D eigenvalue weighted by Gasteiger charge is -2.19. The second kappa shape index (κ2) is 8.68. The van der Waals surface area contributed by atoms with Crippen molar-refractivity contribution in [1.29, 1.82) is 0 Å². The van der Waals surface area contributed by atoms with Gasteiger partial charge >= 0.3 is 0 Å². The molecule has 1 aliphatic carbocycles. The van der Waals surface area contributed by atoms with Crippen molar-refractivity contribution in [3.63, 3.8) is 0 Å². The second-order valence-corrected chi connectivity index (χ2v) is 7.84. The molecule has 0 saturated heterocycles. The van der Waals surface area contributed by atoms with Gasteiger partial charge in [0.2, 0.25) is 11.8 Å². The van der Waals surface area contributed by atoms with E-state index in [1.807, 2.05) is 45.9 Å². The molecule has 0 unspecified atom stereocenters. The van der Waals surface area contributed by atoms with Crippen LogP contribution in [0.3, 0.4) is 0 Å². The van der Waals surface area contributed by atoms with E-state index in [1.165, 1.54) is 0 Å². The summed E-state index contributed by atoms with van der Waals surface area (Å²) in [6, 6.07) is 5.69. The highest BCUT2D eigenvalue weighted by Crippen LogP contribution is 2.28. The minimum absolute atomic E-state index is 0. The van der Waals surface area contributed by atoms with E-state index in [-0.39, 0.29) is 36.2 Å². The number of nitrogens with one attached hydrogen (secondary N) is 2. The molecule has 0 bridgehead atoms. The Morgan fingerprint density at radius 1 is 1.20 bits per heavy atom. The summed E-state index contributed by atoms with van der Waals surface area (Å²) in [4.78, 5) is 24.4. The van der Waals surface area contributed by atoms with Gasteiger partial charge in [-0.05, 0) is 43.4 Å². The van der Waals surface area contributed by atoms with Crippen LogP contribution >= 0.6 is 12.4 Å². The van der Waals surface area contributed by atoms with Crippen molar-refractivity contribution in [3.05, 3.63) is 23.8 Å². The minimum Gasteiger partial charge on any atom is -0.327 e. The van der Waals surface area contributed by atoms with Gasteiger partial charge in [-0.1, -0.05) is 33.3 Å². The molecule has 2 atom stereocenters. The highest BCUT2D eigenvalue weighted by atomic mass is 35.5. The van der Waals surface area contributed by atoms with Crippen LogP contribution in [0.5, 0.6) is 0 Å². The highest BCUT2D eigenvalue weighted by molar-refractivity contribution is 5.96. The maximum atomic E-state index is 12.3. The lowest BCUT2D eigenvalue weighted by Crippen LogP contribution is -2.28. The Morgan fingerprint density at radius 3 is 2.44 bits per heavy atom. The Hall–Kier alpha value is -1.59. The monoisotopic (exact) mass is 367 g/mol. The Kier molecular flexibility index (Phi) is 7.44. The molecule has 25 heavy (non-hydrogen) atoms. The smallest absolute Gasteiger partial charge is 0.229 e. The van der Waals surface area contributed by atoms with Gasteiger partial charge in [-0.25, -0.2) is 0 Å². The predicted octanol–water partition coefficient (Wildman–Crippen LogP) is 3.86. The number of carbonyl (C=O) groups is 2. The third-order valence-electron chi connectivity index (χ3n) is 4.62. The lowest BCUT2D eigenvalue weighted by atomic mass is 9.95. The van der Waals surface area contributed by atoms with Crippen LogP contribution < -0.4 is 16.4 Å². The fourth-order valence-corrected chi connectivity index (χ4v) is 2.91. The average molecular weight is 368 g/mol. The third-order valence-corrected chi connectivity index (χ3v) is 4.62. The normalized spacial score (nSPS) is 19.9. The molecule has 0 heterocycles. The van der Waals surface area contributed by atoms with Gasteiger partial charge in [-0.3, -0.25) is 9.59 Å². The van der Waals surface area contributed by atoms with Gasteiger partial charge in [-0.2, -0.15) is 0 Å². The first-order valence-corrected chi connectivity index (χ1v) is 8.64. The maximum Gasteiger partial charge on any atom is 0.229 e. The van der Waals surface area contributed by atoms with Gasteiger partial charge in [0.15, 0.2) is 0 Å². The molecule has 0 aliphatic heterocycles. The quantitative estimate of drug-likeness (QED) is 0.755. The molecule has 1 aliphatic rings. The van der Waals surface area contributed by atoms with Gasteiger partial charge in [0.05, 0.1) is 0 Å². The number of nitrogens with two attached hydrogens (primary N) is 1. The summed E-state index contributed by atoms with van der Waals surface area (Å²) in [6.45, 7) is 7.53. The molecular formula is C19H30ClN3O2. The van der Waals surface area contributed by atoms with Crippen molar-refractivity contribution >= 4 is 35.6 Å². The topological polar surface area (TPSA) is 84.2 Å². The molecule has 140 valence electrons. The fraction of sp³-hybridized carbons (Fsp3) is 0.579. The standard InChI is InChI=1S/C19H29N3O2.ClH/c1-12-8-9-14(21-18(24)19(2,3)4)11-16(12)22-17(23)10-13-6-5-7-15(13)20;/h8-9,11,13,15H,5-7,10,20H2,1-4H3,(H,21,24)(H,22,23);1H/t13-,15+;/m0./s1. The fourth-order valence-electron chi connectivity index (χ4n) is 2.91. The van der Waals surface area contributed by atoms with Gasteiger partial charge in [0.25, 0.3) is 0 Å². The molecule has 1 aromatic carbocycles. The zero-order chi connectivity index (χ0) is 17.9. The molecule has 4 N–H and O–H groups in total. The second-order valence-electron chi connectivity index (χ2n) is 7.84. The first kappa shape index (κ1) is 21.5. The van der Waals surface area contributed by atoms with Crippen molar-refractivity contribution in [2.45, 2.75) is 59.4 Å². The lowest BCUT2D eigenvalue weighted by molar-refractivity contribution is -0.123. The van der Waals surface area contributed by atoms with E-state index >= 15 is 0 Å². The van der Waals surface area contributed by atoms with Crippen molar-refractivity contribution in [3.8, 4) is 0 Å². The van der Waals surface area contributed by atoms with Gasteiger partial charge < -0.3 is 16.4 Å². The Balaban J connectivity index is 0.00000312. The molecule has 1 aromatic rings. The van der Waals surface area contributed by atoms with Crippen LogP contribution in [-0.2, 0) is 9.59 Å². The zero-order valence-electron chi connectivity index (χ0n) is 15.5. The number of carbonyl (C=O) groups excluding carboxylic acids is 2. The van der Waals surface area contributed by atoms with Crippen LogP contribution in [0.4, 0.5) is 11.4 Å². The molecule has 0 spiro atoms. The third kappa shape index (κ3) is 6.01. The van der Waals surface area contributed by atoms with Gasteiger partial charge in [0.1, 0.15) is 0 Å². The largest absolute Gasteiger partial charge is 0.327 e. The number of hydrogen-bond donors (Lipinski definition) is 3. The Bertz CT molecular complexity index is 626. The van der Waals surface area contributed by atoms with Crippen molar-refractivity contribution in [2.75, 3.05) is 10.6 Å². The number of anilines is 2. The molecule has 0 radical (unpaired) electrons. The Labute approximate surface area is 156 Å². The molecule has 6 heteroatoms. The number of halogens is 1. The zero-order valence-corrected chi connectivity index (χ0v) is 16.3. The van der Waals surface area contributed by atoms with E-state index in [4.69, 9.17) is 5.73 Å². The van der Waals surface area contributed by atoms with E-state index in [0.717, 1.165) is 30.5 Å². The van der Waals surface area contributed by atoms with Crippen LogP contribution in [0, 0.1) is 18.3 Å². The molecule has 2 amide bonds. The summed E-state index contributed by atoms with van der Waals surface area (Å²) in [7, 11) is 0. The van der Waals surface area contributed by atoms with Gasteiger partial charge in [0, 0.05) is 29.3 Å². The average Bonchev–Trinajstić information content (AvgIpc) is 2.86. The van der Waals surface area contributed by atoms with Crippen LogP contribution in [-0.4, -0.2) is 17.9 Å². The minimum atomic E-state index is -0.465. The van der Waals surface area contributed by atoms with Crippen molar-refractivity contribution < 1.29 is 9.59 Å². The van der Waals surface area contributed by atoms with E-state index in [2.05, 4.69) is 10.6 Å². The molecular weight excluding hydrogens is 338 g/mol. The summed E-state index contributed by atoms with van der Waals surface area (Å²) in [5, 5.41) is 5.86. The summed E-state index contributed by atoms with van der Waals surface area (Å²) < 4.78 is 0. The Morgan fingerprint density at radius 2 is 1.88 bits per heavy atom. The van der Waals surface area contributed by atoms with Crippen LogP contribution in [0.25, 0.3) is 0 Å². The predicted molar refractivity (Wildman–Crippen MR) is 105 cm³/mol. The highest BCUT2D eigenvalue weighted by Gasteiger charge is 2.26. The number of hydrogen-bond acceptors (Lipinski definition) is 3. The first-order valence-electron chi connectivity index (χ1n) is 8.64. The van der Waals surface area contributed by atoms with Crippen LogP contribution in [0.2, 0.25) is 0 Å². The maximum absolute atomic E-state index is 12.3. The summed E-state index contributed by atoms with van der Waals surface area (Å²) in [6.07, 6.45) is 3.59. The number of amides is 2. The van der Waals surface area contributed by atoms with E-state index in [0.29, 0.717) is 12.1 Å². The molecule has 2 rings (SSSR count). The molecule has 0 aromatic heterocycles. The van der Waals surface area contributed by atoms with E-state index < -0.39 is 5.41 Å². The van der Waals surface area contributed by atoms with E-state index in [1.54, 1.807) is 0 Å². The van der Waals surface area contributed by atoms with Crippen LogP contribution in [0.1, 0.15) is 52.0 Å². The summed E-state index contributed by atoms with van der Waals surface area (Å²) in [5.41, 5.74) is 7.97. The first-order chi connectivity index (χ1) is 11.2. The summed E-state index contributed by atoms with van der Waals surface area (Å²) >= 11 is 0. The molecule has 1 fully saturated rings. The number of benzene rings is 1. The summed E-state index contributed by atoms with van der Waals surface area (Å²) in [5.74, 6) is 0.203. The number of rotatable bonds is 4. The molecule has 5 nitrogen and oxygen atoms in total. The molecule has 1 saturated carbocycles. The van der Waals surface area contributed by atoms with Crippen LogP contribution in [0.15, 0.2) is 18.2 Å². The van der Waals surface area contributed by atoms with Crippen molar-refractivity contribution in [2.24, 2.45) is 17.1 Å².